The van der Waals surface area contributed by atoms with E-state index in [4.69, 9.17) is 0 Å². The van der Waals surface area contributed by atoms with Gasteiger partial charge in [-0.3, -0.25) is 0 Å². The summed E-state index contributed by atoms with van der Waals surface area (Å²) < 4.78 is 0. The van der Waals surface area contributed by atoms with Crippen molar-refractivity contribution in [3.63, 3.8) is 0 Å². The van der Waals surface area contributed by atoms with Crippen LogP contribution in [0, 0.1) is 5.41 Å². The van der Waals surface area contributed by atoms with Gasteiger partial charge in [0.1, 0.15) is 14.6 Å². The second-order valence-electron chi connectivity index (χ2n) is 3.56. The third-order valence-electron chi connectivity index (χ3n) is 2.91. The van der Waals surface area contributed by atoms with Crippen LogP contribution in [0.4, 0.5) is 0 Å². The third kappa shape index (κ3) is 0.929. The van der Waals surface area contributed by atoms with E-state index in [1.165, 1.54) is 38.1 Å². The van der Waals surface area contributed by atoms with Crippen LogP contribution in [0.25, 0.3) is 0 Å². The van der Waals surface area contributed by atoms with Gasteiger partial charge in [0.05, 0.1) is 0 Å². The van der Waals surface area contributed by atoms with Crippen molar-refractivity contribution in [1.29, 1.82) is 0 Å². The van der Waals surface area contributed by atoms with Crippen LogP contribution in [-0.4, -0.2) is 14.6 Å². The minimum absolute atomic E-state index is 0.814. The highest BCUT2D eigenvalue weighted by Gasteiger charge is 2.37. The summed E-state index contributed by atoms with van der Waals surface area (Å²) in [7, 11) is 4.88. The zero-order valence-corrected chi connectivity index (χ0v) is 5.90. The van der Waals surface area contributed by atoms with Crippen molar-refractivity contribution < 1.29 is 0 Å². The molecular formula is C7H12B2. The molecular weight excluding hydrogens is 106 g/mol. The zero-order chi connectivity index (χ0) is 6.16. The van der Waals surface area contributed by atoms with E-state index in [1.54, 1.807) is 0 Å². The Morgan fingerprint density at radius 1 is 0.889 bits per heavy atom. The van der Waals surface area contributed by atoms with E-state index < -0.39 is 0 Å². The van der Waals surface area contributed by atoms with Crippen LogP contribution in [0.2, 0.25) is 25.3 Å². The summed E-state index contributed by atoms with van der Waals surface area (Å²) in [5.41, 5.74) is 0.814. The SMILES string of the molecule is [B]1CCC2(C[B]C2)CC1. The van der Waals surface area contributed by atoms with E-state index in [0.29, 0.717) is 0 Å². The number of hydrogen-bond donors (Lipinski definition) is 0. The van der Waals surface area contributed by atoms with Crippen LogP contribution in [0.1, 0.15) is 12.8 Å². The molecule has 2 heterocycles. The van der Waals surface area contributed by atoms with Crippen molar-refractivity contribution >= 4 is 14.6 Å². The van der Waals surface area contributed by atoms with Crippen molar-refractivity contribution in [2.75, 3.05) is 0 Å². The molecule has 2 radical (unpaired) electrons. The molecule has 0 aromatic carbocycles. The maximum absolute atomic E-state index is 2.45. The minimum atomic E-state index is 0.814. The molecule has 1 spiro atoms. The van der Waals surface area contributed by atoms with Crippen LogP contribution < -0.4 is 0 Å². The van der Waals surface area contributed by atoms with Crippen molar-refractivity contribution in [3.8, 4) is 0 Å². The summed E-state index contributed by atoms with van der Waals surface area (Å²) in [6.07, 6.45) is 8.55. The average Bonchev–Trinajstić information content (AvgIpc) is 1.87. The van der Waals surface area contributed by atoms with Crippen molar-refractivity contribution in [1.82, 2.24) is 0 Å². The maximum atomic E-state index is 2.45. The Hall–Kier alpha value is 0.130. The van der Waals surface area contributed by atoms with Gasteiger partial charge in [0, 0.05) is 0 Å². The second kappa shape index (κ2) is 2.07. The van der Waals surface area contributed by atoms with Gasteiger partial charge in [0.25, 0.3) is 0 Å². The summed E-state index contributed by atoms with van der Waals surface area (Å²) in [5.74, 6) is 0. The summed E-state index contributed by atoms with van der Waals surface area (Å²) in [5, 5.41) is 0. The fourth-order valence-electron chi connectivity index (χ4n) is 2.05. The van der Waals surface area contributed by atoms with Crippen LogP contribution in [0.15, 0.2) is 0 Å². The van der Waals surface area contributed by atoms with Gasteiger partial charge in [-0.05, 0) is 5.41 Å². The highest BCUT2D eigenvalue weighted by atomic mass is 14.3. The Morgan fingerprint density at radius 2 is 1.56 bits per heavy atom. The lowest BCUT2D eigenvalue weighted by molar-refractivity contribution is 0.291. The molecule has 0 unspecified atom stereocenters. The molecule has 2 aliphatic rings. The molecule has 0 atom stereocenters. The van der Waals surface area contributed by atoms with Gasteiger partial charge in [0.15, 0.2) is 0 Å². The van der Waals surface area contributed by atoms with Crippen LogP contribution in [0.3, 0.4) is 0 Å². The van der Waals surface area contributed by atoms with Crippen LogP contribution in [-0.2, 0) is 0 Å². The Morgan fingerprint density at radius 3 is 1.89 bits per heavy atom. The van der Waals surface area contributed by atoms with Gasteiger partial charge in [-0.25, -0.2) is 0 Å². The predicted octanol–water partition coefficient (Wildman–Crippen LogP) is 1.86. The molecule has 2 heteroatoms. The Balaban J connectivity index is 1.93. The molecule has 0 aliphatic carbocycles. The van der Waals surface area contributed by atoms with Gasteiger partial charge in [-0.15, -0.1) is 0 Å². The van der Waals surface area contributed by atoms with Crippen LogP contribution >= 0.6 is 0 Å². The molecule has 0 saturated carbocycles. The van der Waals surface area contributed by atoms with E-state index in [0.717, 1.165) is 5.41 Å². The van der Waals surface area contributed by atoms with Crippen molar-refractivity contribution in [3.05, 3.63) is 0 Å². The van der Waals surface area contributed by atoms with Gasteiger partial charge >= 0.3 is 0 Å². The topological polar surface area (TPSA) is 0 Å². The standard InChI is InChI=1S/C7H12B2/c1-3-8-4-2-7(1)5-9-6-7/h1-6H2. The van der Waals surface area contributed by atoms with Crippen molar-refractivity contribution in [2.45, 2.75) is 38.1 Å². The van der Waals surface area contributed by atoms with E-state index in [2.05, 4.69) is 14.6 Å². The molecule has 0 N–H and O–H groups in total. The van der Waals surface area contributed by atoms with Gasteiger partial charge < -0.3 is 0 Å². The predicted molar refractivity (Wildman–Crippen MR) is 42.4 cm³/mol. The van der Waals surface area contributed by atoms with E-state index in [9.17, 15) is 0 Å². The lowest BCUT2D eigenvalue weighted by Crippen LogP contribution is -2.36. The van der Waals surface area contributed by atoms with Gasteiger partial charge in [-0.2, -0.15) is 0 Å². The molecule has 9 heavy (non-hydrogen) atoms. The molecule has 0 amide bonds. The lowest BCUT2D eigenvalue weighted by Gasteiger charge is -2.44. The number of hydrogen-bond acceptors (Lipinski definition) is 0. The minimum Gasteiger partial charge on any atom is -0.0798 e. The molecule has 0 aromatic heterocycles. The first kappa shape index (κ1) is 5.88. The van der Waals surface area contributed by atoms with E-state index >= 15 is 0 Å². The Bertz CT molecular complexity index is 99.5. The quantitative estimate of drug-likeness (QED) is 0.425. The Labute approximate surface area is 58.9 Å². The number of rotatable bonds is 0. The van der Waals surface area contributed by atoms with E-state index in [-0.39, 0.29) is 0 Å². The third-order valence-corrected chi connectivity index (χ3v) is 2.91. The highest BCUT2D eigenvalue weighted by Crippen LogP contribution is 2.48. The molecule has 2 saturated heterocycles. The molecule has 0 nitrogen and oxygen atoms in total. The fourth-order valence-corrected chi connectivity index (χ4v) is 2.05. The molecule has 0 aromatic rings. The summed E-state index contributed by atoms with van der Waals surface area (Å²) >= 11 is 0. The van der Waals surface area contributed by atoms with E-state index in [1.807, 2.05) is 0 Å². The van der Waals surface area contributed by atoms with Gasteiger partial charge in [0.2, 0.25) is 0 Å². The molecule has 2 aliphatic heterocycles. The largest absolute Gasteiger partial charge is 0.110 e. The maximum Gasteiger partial charge on any atom is 0.110 e. The summed E-state index contributed by atoms with van der Waals surface area (Å²) in [6.45, 7) is 0. The van der Waals surface area contributed by atoms with Gasteiger partial charge in [-0.1, -0.05) is 38.1 Å². The van der Waals surface area contributed by atoms with Crippen LogP contribution in [0.5, 0.6) is 0 Å². The molecule has 46 valence electrons. The fraction of sp³-hybridized carbons (Fsp3) is 1.00. The molecule has 2 rings (SSSR count). The highest BCUT2D eigenvalue weighted by molar-refractivity contribution is 6.41. The monoisotopic (exact) mass is 118 g/mol. The first-order valence-corrected chi connectivity index (χ1v) is 4.05. The first-order chi connectivity index (χ1) is 4.41. The normalized spacial score (nSPS) is 30.2. The Kier molecular flexibility index (Phi) is 1.35. The summed E-state index contributed by atoms with van der Waals surface area (Å²) in [4.78, 5) is 0. The lowest BCUT2D eigenvalue weighted by atomic mass is 9.36. The zero-order valence-electron chi connectivity index (χ0n) is 5.90. The average molecular weight is 118 g/mol. The second-order valence-corrected chi connectivity index (χ2v) is 3.56. The molecule has 0 bridgehead atoms. The smallest absolute Gasteiger partial charge is 0.0798 e. The van der Waals surface area contributed by atoms with Crippen molar-refractivity contribution in [2.24, 2.45) is 5.41 Å². The summed E-state index contributed by atoms with van der Waals surface area (Å²) in [6, 6.07) is 0. The molecule has 2 fully saturated rings. The first-order valence-electron chi connectivity index (χ1n) is 4.05.